The van der Waals surface area contributed by atoms with Gasteiger partial charge in [-0.1, -0.05) is 32.0 Å². The molecule has 0 spiro atoms. The van der Waals surface area contributed by atoms with Crippen LogP contribution >= 0.6 is 11.8 Å². The number of aliphatic hydroxyl groups is 1. The lowest BCUT2D eigenvalue weighted by molar-refractivity contribution is 0.177. The van der Waals surface area contributed by atoms with Crippen LogP contribution in [-0.2, 0) is 5.41 Å². The smallest absolute Gasteiger partial charge is 0.123 e. The van der Waals surface area contributed by atoms with Gasteiger partial charge in [-0.2, -0.15) is 11.8 Å². The minimum absolute atomic E-state index is 0.133. The summed E-state index contributed by atoms with van der Waals surface area (Å²) in [6, 6.07) is 8.10. The zero-order valence-corrected chi connectivity index (χ0v) is 12.0. The van der Waals surface area contributed by atoms with E-state index in [1.165, 1.54) is 11.5 Å². The second-order valence-electron chi connectivity index (χ2n) is 5.47. The summed E-state index contributed by atoms with van der Waals surface area (Å²) in [7, 11) is 0. The van der Waals surface area contributed by atoms with Crippen LogP contribution in [0.15, 0.2) is 24.3 Å². The molecule has 100 valence electrons. The maximum atomic E-state index is 9.52. The molecule has 2 rings (SSSR count). The Balaban J connectivity index is 2.16. The quantitative estimate of drug-likeness (QED) is 0.907. The van der Waals surface area contributed by atoms with E-state index in [1.54, 1.807) is 0 Å². The van der Waals surface area contributed by atoms with Crippen LogP contribution in [0.4, 0.5) is 0 Å². The van der Waals surface area contributed by atoms with Crippen LogP contribution in [0.2, 0.25) is 0 Å². The van der Waals surface area contributed by atoms with Gasteiger partial charge in [0.15, 0.2) is 0 Å². The summed E-state index contributed by atoms with van der Waals surface area (Å²) in [6.07, 6.45) is 2.58. The predicted octanol–water partition coefficient (Wildman–Crippen LogP) is 3.23. The van der Waals surface area contributed by atoms with E-state index < -0.39 is 0 Å². The number of benzene rings is 1. The lowest BCUT2D eigenvalue weighted by Gasteiger charge is -2.29. The largest absolute Gasteiger partial charge is 0.490 e. The number of hydrogen-bond acceptors (Lipinski definition) is 3. The Morgan fingerprint density at radius 3 is 2.61 bits per heavy atom. The van der Waals surface area contributed by atoms with Gasteiger partial charge < -0.3 is 9.84 Å². The van der Waals surface area contributed by atoms with E-state index >= 15 is 0 Å². The Labute approximate surface area is 114 Å². The van der Waals surface area contributed by atoms with Crippen molar-refractivity contribution in [2.24, 2.45) is 0 Å². The number of para-hydroxylation sites is 1. The third-order valence-electron chi connectivity index (χ3n) is 3.47. The summed E-state index contributed by atoms with van der Waals surface area (Å²) in [6.45, 7) is 4.23. The van der Waals surface area contributed by atoms with Gasteiger partial charge in [0.05, 0.1) is 6.61 Å². The molecule has 1 aliphatic heterocycles. The molecule has 1 N–H and O–H groups in total. The summed E-state index contributed by atoms with van der Waals surface area (Å²) in [4.78, 5) is 0. The maximum absolute atomic E-state index is 9.52. The first-order valence-electron chi connectivity index (χ1n) is 6.58. The molecular weight excluding hydrogens is 244 g/mol. The van der Waals surface area contributed by atoms with Crippen molar-refractivity contribution in [2.75, 3.05) is 18.1 Å². The van der Waals surface area contributed by atoms with Crippen LogP contribution in [0, 0.1) is 0 Å². The van der Waals surface area contributed by atoms with Gasteiger partial charge in [0.25, 0.3) is 0 Å². The van der Waals surface area contributed by atoms with Crippen molar-refractivity contribution < 1.29 is 9.84 Å². The third-order valence-corrected chi connectivity index (χ3v) is 4.52. The molecule has 0 aromatic heterocycles. The fourth-order valence-electron chi connectivity index (χ4n) is 2.19. The second kappa shape index (κ2) is 5.98. The Morgan fingerprint density at radius 2 is 1.94 bits per heavy atom. The summed E-state index contributed by atoms with van der Waals surface area (Å²) >= 11 is 2.00. The molecule has 0 aliphatic carbocycles. The lowest BCUT2D eigenvalue weighted by Crippen LogP contribution is -2.26. The van der Waals surface area contributed by atoms with Crippen molar-refractivity contribution in [1.82, 2.24) is 0 Å². The molecule has 1 aromatic rings. The topological polar surface area (TPSA) is 29.5 Å². The minimum atomic E-state index is -0.250. The SMILES string of the molecule is CC(C)(CO)c1ccccc1OC1CCSCC1. The highest BCUT2D eigenvalue weighted by Gasteiger charge is 2.25. The fourth-order valence-corrected chi connectivity index (χ4v) is 3.25. The molecule has 1 fully saturated rings. The van der Waals surface area contributed by atoms with Crippen LogP contribution < -0.4 is 4.74 Å². The predicted molar refractivity (Wildman–Crippen MR) is 77.5 cm³/mol. The van der Waals surface area contributed by atoms with Gasteiger partial charge in [-0.05, 0) is 30.4 Å². The average molecular weight is 266 g/mol. The molecule has 3 heteroatoms. The third kappa shape index (κ3) is 3.21. The monoisotopic (exact) mass is 266 g/mol. The van der Waals surface area contributed by atoms with E-state index in [0.29, 0.717) is 6.10 Å². The van der Waals surface area contributed by atoms with E-state index in [4.69, 9.17) is 4.74 Å². The summed E-state index contributed by atoms with van der Waals surface area (Å²) < 4.78 is 6.15. The van der Waals surface area contributed by atoms with Gasteiger partial charge in [-0.15, -0.1) is 0 Å². The Morgan fingerprint density at radius 1 is 1.28 bits per heavy atom. The molecule has 1 aliphatic rings. The van der Waals surface area contributed by atoms with Crippen LogP contribution in [0.3, 0.4) is 0 Å². The normalized spacial score (nSPS) is 17.7. The number of rotatable bonds is 4. The number of hydrogen-bond donors (Lipinski definition) is 1. The van der Waals surface area contributed by atoms with Gasteiger partial charge in [0.2, 0.25) is 0 Å². The molecule has 18 heavy (non-hydrogen) atoms. The molecular formula is C15H22O2S. The average Bonchev–Trinajstić information content (AvgIpc) is 2.40. The van der Waals surface area contributed by atoms with E-state index in [9.17, 15) is 5.11 Å². The highest BCUT2D eigenvalue weighted by Crippen LogP contribution is 2.33. The Kier molecular flexibility index (Phi) is 4.57. The molecule has 0 unspecified atom stereocenters. The summed E-state index contributed by atoms with van der Waals surface area (Å²) in [5, 5.41) is 9.52. The number of thioether (sulfide) groups is 1. The number of aliphatic hydroxyl groups excluding tert-OH is 1. The molecule has 0 radical (unpaired) electrons. The zero-order chi connectivity index (χ0) is 13.0. The van der Waals surface area contributed by atoms with Crippen molar-refractivity contribution in [3.63, 3.8) is 0 Å². The van der Waals surface area contributed by atoms with E-state index in [2.05, 4.69) is 6.07 Å². The number of ether oxygens (including phenoxy) is 1. The first kappa shape index (κ1) is 13.8. The molecule has 1 aromatic carbocycles. The fraction of sp³-hybridized carbons (Fsp3) is 0.600. The van der Waals surface area contributed by atoms with Gasteiger partial charge in [0, 0.05) is 11.0 Å². The summed E-state index contributed by atoms with van der Waals surface area (Å²) in [5.41, 5.74) is 0.853. The van der Waals surface area contributed by atoms with Crippen molar-refractivity contribution in [1.29, 1.82) is 0 Å². The van der Waals surface area contributed by atoms with Crippen LogP contribution in [-0.4, -0.2) is 29.3 Å². The van der Waals surface area contributed by atoms with Gasteiger partial charge in [-0.25, -0.2) is 0 Å². The Hall–Kier alpha value is -0.670. The Bertz CT molecular complexity index is 384. The first-order valence-corrected chi connectivity index (χ1v) is 7.74. The summed E-state index contributed by atoms with van der Waals surface area (Å²) in [5.74, 6) is 3.32. The molecule has 0 bridgehead atoms. The van der Waals surface area contributed by atoms with Crippen molar-refractivity contribution >= 4 is 11.8 Å². The van der Waals surface area contributed by atoms with Crippen LogP contribution in [0.25, 0.3) is 0 Å². The maximum Gasteiger partial charge on any atom is 0.123 e. The molecule has 0 saturated carbocycles. The van der Waals surface area contributed by atoms with Crippen molar-refractivity contribution in [3.8, 4) is 5.75 Å². The molecule has 0 atom stereocenters. The van der Waals surface area contributed by atoms with Crippen molar-refractivity contribution in [3.05, 3.63) is 29.8 Å². The van der Waals surface area contributed by atoms with Crippen LogP contribution in [0.1, 0.15) is 32.3 Å². The lowest BCUT2D eigenvalue weighted by atomic mass is 9.85. The molecule has 0 amide bonds. The molecule has 2 nitrogen and oxygen atoms in total. The molecule has 1 saturated heterocycles. The van der Waals surface area contributed by atoms with Crippen molar-refractivity contribution in [2.45, 2.75) is 38.2 Å². The first-order chi connectivity index (χ1) is 8.63. The second-order valence-corrected chi connectivity index (χ2v) is 6.69. The standard InChI is InChI=1S/C15H22O2S/c1-15(2,11-16)13-5-3-4-6-14(13)17-12-7-9-18-10-8-12/h3-6,12,16H,7-11H2,1-2H3. The molecule has 1 heterocycles. The zero-order valence-electron chi connectivity index (χ0n) is 11.2. The van der Waals surface area contributed by atoms with E-state index in [1.807, 2.05) is 43.8 Å². The van der Waals surface area contributed by atoms with Crippen LogP contribution in [0.5, 0.6) is 5.75 Å². The minimum Gasteiger partial charge on any atom is -0.490 e. The highest BCUT2D eigenvalue weighted by molar-refractivity contribution is 7.99. The highest BCUT2D eigenvalue weighted by atomic mass is 32.2. The van der Waals surface area contributed by atoms with E-state index in [0.717, 1.165) is 24.2 Å². The van der Waals surface area contributed by atoms with Gasteiger partial charge >= 0.3 is 0 Å². The van der Waals surface area contributed by atoms with Gasteiger partial charge in [0.1, 0.15) is 11.9 Å². The van der Waals surface area contributed by atoms with E-state index in [-0.39, 0.29) is 12.0 Å². The van der Waals surface area contributed by atoms with Gasteiger partial charge in [-0.3, -0.25) is 0 Å².